The molecule has 2 aromatic heterocycles. The van der Waals surface area contributed by atoms with Crippen LogP contribution in [-0.4, -0.2) is 118 Å². The molecule has 15 nitrogen and oxygen atoms in total. The van der Waals surface area contributed by atoms with Crippen molar-refractivity contribution in [2.75, 3.05) is 33.7 Å². The van der Waals surface area contributed by atoms with Crippen LogP contribution in [0.15, 0.2) is 72.8 Å². The van der Waals surface area contributed by atoms with Crippen molar-refractivity contribution in [3.8, 4) is 5.75 Å². The fraction of sp³-hybridized carbons (Fsp3) is 0.409. The van der Waals surface area contributed by atoms with Crippen molar-refractivity contribution in [1.29, 1.82) is 0 Å². The summed E-state index contributed by atoms with van der Waals surface area (Å²) >= 11 is 1.23. The monoisotopic (exact) mass is 869 g/mol. The lowest BCUT2D eigenvalue weighted by Gasteiger charge is -2.38. The third-order valence-corrected chi connectivity index (χ3v) is 14.0. The minimum atomic E-state index is -3.76. The molecule has 0 aliphatic carbocycles. The van der Waals surface area contributed by atoms with Crippen molar-refractivity contribution in [2.24, 2.45) is 0 Å². The molecule has 2 aliphatic heterocycles. The van der Waals surface area contributed by atoms with Crippen LogP contribution in [0.1, 0.15) is 71.3 Å². The summed E-state index contributed by atoms with van der Waals surface area (Å²) in [6.45, 7) is 7.32. The number of fused-ring (bicyclic) bond motifs is 3. The van der Waals surface area contributed by atoms with Gasteiger partial charge in [0.1, 0.15) is 17.8 Å². The van der Waals surface area contributed by atoms with Gasteiger partial charge in [-0.3, -0.25) is 33.6 Å². The van der Waals surface area contributed by atoms with E-state index < -0.39 is 43.4 Å². The molecule has 3 N–H and O–H groups in total. The number of nitrogens with one attached hydrogen (secondary N) is 3. The molecule has 2 fully saturated rings. The second kappa shape index (κ2) is 18.3. The van der Waals surface area contributed by atoms with E-state index in [1.54, 1.807) is 86.0 Å². The number of carbonyl (C=O) groups is 5. The molecule has 322 valence electrons. The summed E-state index contributed by atoms with van der Waals surface area (Å²) in [5.74, 6) is -1.56. The Morgan fingerprint density at radius 3 is 2.51 bits per heavy atom. The smallest absolute Gasteiger partial charge is 0.323 e. The fourth-order valence-corrected chi connectivity index (χ4v) is 11.0. The summed E-state index contributed by atoms with van der Waals surface area (Å²) in [6, 6.07) is 18.5. The van der Waals surface area contributed by atoms with Gasteiger partial charge in [-0.25, -0.2) is 5.09 Å². The molecule has 4 heterocycles. The number of carbonyl (C=O) groups excluding carboxylic acids is 5. The number of para-hydroxylation sites is 1. The van der Waals surface area contributed by atoms with Crippen LogP contribution in [0, 0.1) is 6.92 Å². The molecule has 3 aromatic carbocycles. The van der Waals surface area contributed by atoms with Crippen LogP contribution in [0.2, 0.25) is 0 Å². The first-order valence-electron chi connectivity index (χ1n) is 20.5. The Bertz CT molecular complexity index is 2500. The van der Waals surface area contributed by atoms with E-state index in [0.717, 1.165) is 10.3 Å². The largest absolute Gasteiger partial charge is 0.462 e. The predicted octanol–water partition coefficient (Wildman–Crippen LogP) is 5.92. The summed E-state index contributed by atoms with van der Waals surface area (Å²) < 4.78 is 26.6. The van der Waals surface area contributed by atoms with Gasteiger partial charge in [-0.15, -0.1) is 11.3 Å². The second-order valence-electron chi connectivity index (χ2n) is 16.4. The zero-order chi connectivity index (χ0) is 43.6. The van der Waals surface area contributed by atoms with Gasteiger partial charge in [0, 0.05) is 22.7 Å². The minimum absolute atomic E-state index is 0.0723. The number of aromatic nitrogens is 2. The van der Waals surface area contributed by atoms with Gasteiger partial charge in [0.15, 0.2) is 11.5 Å². The molecule has 0 spiro atoms. The molecule has 61 heavy (non-hydrogen) atoms. The number of ketones is 1. The molecule has 7 rings (SSSR count). The van der Waals surface area contributed by atoms with Gasteiger partial charge in [-0.1, -0.05) is 35.9 Å². The topological polar surface area (TPSA) is 183 Å². The van der Waals surface area contributed by atoms with Gasteiger partial charge in [-0.2, -0.15) is 5.10 Å². The molecule has 17 heteroatoms. The molecule has 0 radical (unpaired) electrons. The highest BCUT2D eigenvalue weighted by Gasteiger charge is 2.45. The summed E-state index contributed by atoms with van der Waals surface area (Å²) in [5, 5.41) is 14.5. The Morgan fingerprint density at radius 2 is 1.77 bits per heavy atom. The maximum Gasteiger partial charge on any atom is 0.323 e. The van der Waals surface area contributed by atoms with Crippen LogP contribution in [0.5, 0.6) is 5.75 Å². The fourth-order valence-electron chi connectivity index (χ4n) is 8.05. The maximum atomic E-state index is 14.6. The predicted molar refractivity (Wildman–Crippen MR) is 234 cm³/mol. The number of H-pyrrole nitrogens is 1. The molecular weight excluding hydrogens is 818 g/mol. The van der Waals surface area contributed by atoms with Gasteiger partial charge in [0.2, 0.25) is 5.91 Å². The van der Waals surface area contributed by atoms with Gasteiger partial charge in [0.25, 0.3) is 11.8 Å². The van der Waals surface area contributed by atoms with Gasteiger partial charge < -0.3 is 29.3 Å². The van der Waals surface area contributed by atoms with E-state index in [1.165, 1.54) is 11.3 Å². The number of likely N-dealkylation sites (N-methyl/N-ethyl adjacent to an activating group) is 1. The van der Waals surface area contributed by atoms with Crippen LogP contribution >= 0.6 is 18.9 Å². The van der Waals surface area contributed by atoms with Crippen molar-refractivity contribution < 1.29 is 37.8 Å². The lowest BCUT2D eigenvalue weighted by atomic mass is 10.1. The van der Waals surface area contributed by atoms with E-state index >= 15 is 0 Å². The first-order chi connectivity index (χ1) is 29.1. The normalized spacial score (nSPS) is 19.7. The second-order valence-corrected chi connectivity index (χ2v) is 19.6. The third kappa shape index (κ3) is 10.0. The summed E-state index contributed by atoms with van der Waals surface area (Å²) in [6.07, 6.45) is 1.14. The molecular formula is C44H52N7O8PS. The SMILES string of the molecule is Cc1ccc2[nH]nc(C(=O)N3CC[C@H]4CC[C@@H](C(=O)CN(C)C)N4C(=O)[C@@H](NC(=O)c4cc5cc(CP(=O)(N[C@@H](C)C(=O)OC(C)C)Oc6ccccc6)ccc5s4)C3)c2c1. The lowest BCUT2D eigenvalue weighted by Crippen LogP contribution is -2.60. The van der Waals surface area contributed by atoms with E-state index in [4.69, 9.17) is 9.26 Å². The number of esters is 1. The van der Waals surface area contributed by atoms with Crippen molar-refractivity contribution in [1.82, 2.24) is 35.3 Å². The molecule has 3 amide bonds. The van der Waals surface area contributed by atoms with Crippen molar-refractivity contribution in [3.63, 3.8) is 0 Å². The molecule has 0 saturated carbocycles. The number of hydrogen-bond donors (Lipinski definition) is 3. The lowest BCUT2D eigenvalue weighted by molar-refractivity contribution is -0.149. The van der Waals surface area contributed by atoms with E-state index in [0.29, 0.717) is 58.3 Å². The number of nitrogens with zero attached hydrogens (tertiary/aromatic N) is 4. The van der Waals surface area contributed by atoms with E-state index in [1.807, 2.05) is 43.3 Å². The Balaban J connectivity index is 1.15. The molecule has 1 unspecified atom stereocenters. The number of benzene rings is 3. The minimum Gasteiger partial charge on any atom is -0.462 e. The van der Waals surface area contributed by atoms with Crippen molar-refractivity contribution >= 4 is 69.3 Å². The Morgan fingerprint density at radius 1 is 1.00 bits per heavy atom. The van der Waals surface area contributed by atoms with Crippen molar-refractivity contribution in [3.05, 3.63) is 94.5 Å². The first-order valence-corrected chi connectivity index (χ1v) is 23.1. The third-order valence-electron chi connectivity index (χ3n) is 10.8. The Labute approximate surface area is 358 Å². The Kier molecular flexibility index (Phi) is 13.1. The number of aryl methyl sites for hydroxylation is 1. The first kappa shape index (κ1) is 43.7. The zero-order valence-corrected chi connectivity index (χ0v) is 36.9. The van der Waals surface area contributed by atoms with Gasteiger partial charge in [-0.05, 0) is 114 Å². The maximum absolute atomic E-state index is 14.6. The highest BCUT2D eigenvalue weighted by molar-refractivity contribution is 7.56. The number of amides is 3. The highest BCUT2D eigenvalue weighted by Crippen LogP contribution is 2.47. The molecule has 0 bridgehead atoms. The summed E-state index contributed by atoms with van der Waals surface area (Å²) in [7, 11) is -0.144. The zero-order valence-electron chi connectivity index (χ0n) is 35.2. The van der Waals surface area contributed by atoms with Crippen LogP contribution in [0.3, 0.4) is 0 Å². The standard InChI is InChI=1S/C44H52N7O8PS/c1-26(2)58-44(56)28(4)48-60(57,59-32-10-8-7-9-11-32)25-29-13-17-38-30(21-29)22-39(61-38)41(53)45-35-23-50(43(55)40-33-20-27(3)12-15-34(33)46-47-40)19-18-31-14-16-36(51(31)42(35)54)37(52)24-49(5)6/h7-13,15,17,20-22,26,28,31,35-36H,14,16,18-19,23-25H2,1-6H3,(H,45,53)(H,46,47)(H,48,57)/t28-,31+,35-,36-,60?/m0/s1. The van der Waals surface area contributed by atoms with Crippen molar-refractivity contribution in [2.45, 2.75) is 83.4 Å². The van der Waals surface area contributed by atoms with E-state index in [2.05, 4.69) is 20.6 Å². The number of thiophene rings is 1. The number of hydrogen-bond acceptors (Lipinski definition) is 11. The van der Waals surface area contributed by atoms with Crippen LogP contribution in [0.4, 0.5) is 0 Å². The van der Waals surface area contributed by atoms with Crippen LogP contribution in [0.25, 0.3) is 21.0 Å². The number of ether oxygens (including phenoxy) is 1. The summed E-state index contributed by atoms with van der Waals surface area (Å²) in [5.41, 5.74) is 2.54. The van der Waals surface area contributed by atoms with Crippen LogP contribution in [-0.2, 0) is 29.8 Å². The number of Topliss-reactive ketones (excluding diaryl/α,β-unsaturated/α-hetero) is 1. The molecule has 5 atom stereocenters. The number of aromatic amines is 1. The van der Waals surface area contributed by atoms with E-state index in [-0.39, 0.29) is 48.8 Å². The quantitative estimate of drug-likeness (QED) is 0.0890. The van der Waals surface area contributed by atoms with Gasteiger partial charge in [0.05, 0.1) is 41.8 Å². The van der Waals surface area contributed by atoms with Crippen LogP contribution < -0.4 is 14.9 Å². The summed E-state index contributed by atoms with van der Waals surface area (Å²) in [4.78, 5) is 74.5. The number of rotatable bonds is 14. The molecule has 2 aliphatic rings. The molecule has 5 aromatic rings. The average molecular weight is 870 g/mol. The Hall–Kier alpha value is -5.41. The highest BCUT2D eigenvalue weighted by atomic mass is 32.1. The molecule has 2 saturated heterocycles. The van der Waals surface area contributed by atoms with Gasteiger partial charge >= 0.3 is 13.5 Å². The average Bonchev–Trinajstić information content (AvgIpc) is 3.94. The van der Waals surface area contributed by atoms with E-state index in [9.17, 15) is 28.5 Å².